The molecule has 0 amide bonds. The van der Waals surface area contributed by atoms with Gasteiger partial charge in [0.15, 0.2) is 0 Å². The van der Waals surface area contributed by atoms with Gasteiger partial charge in [-0.15, -0.1) is 0 Å². The van der Waals surface area contributed by atoms with Gasteiger partial charge in [0.25, 0.3) is 0 Å². The number of nitrogens with zero attached hydrogens (tertiary/aromatic N) is 1. The number of pyridine rings is 1. The van der Waals surface area contributed by atoms with Crippen LogP contribution in [0.15, 0.2) is 60.7 Å². The van der Waals surface area contributed by atoms with Crippen molar-refractivity contribution in [3.63, 3.8) is 0 Å². The molecule has 1 aromatic heterocycles. The lowest BCUT2D eigenvalue weighted by Gasteiger charge is -2.04. The van der Waals surface area contributed by atoms with Crippen LogP contribution in [0.1, 0.15) is 5.56 Å². The number of para-hydroxylation sites is 1. The van der Waals surface area contributed by atoms with Crippen molar-refractivity contribution in [3.8, 4) is 11.3 Å². The number of aromatic nitrogens is 1. The van der Waals surface area contributed by atoms with E-state index in [0.717, 1.165) is 11.2 Å². The van der Waals surface area contributed by atoms with E-state index in [0.29, 0.717) is 0 Å². The molecule has 0 bridgehead atoms. The van der Waals surface area contributed by atoms with Gasteiger partial charge in [-0.25, -0.2) is 4.98 Å². The van der Waals surface area contributed by atoms with Crippen LogP contribution in [0.25, 0.3) is 22.2 Å². The first-order chi connectivity index (χ1) is 8.33. The summed E-state index contributed by atoms with van der Waals surface area (Å²) < 4.78 is 0. The van der Waals surface area contributed by atoms with E-state index in [1.807, 2.05) is 12.1 Å². The molecule has 0 atom stereocenters. The van der Waals surface area contributed by atoms with Crippen LogP contribution in [0.3, 0.4) is 0 Å². The van der Waals surface area contributed by atoms with Crippen LogP contribution in [-0.4, -0.2) is 4.98 Å². The fourth-order valence-corrected chi connectivity index (χ4v) is 2.03. The Bertz CT molecular complexity index is 671. The van der Waals surface area contributed by atoms with Gasteiger partial charge < -0.3 is 0 Å². The Kier molecular flexibility index (Phi) is 2.37. The molecule has 3 aromatic rings. The summed E-state index contributed by atoms with van der Waals surface area (Å²) in [7, 11) is 0. The van der Waals surface area contributed by atoms with Crippen LogP contribution in [0.5, 0.6) is 0 Å². The highest BCUT2D eigenvalue weighted by atomic mass is 14.7. The molecule has 1 heterocycles. The minimum Gasteiger partial charge on any atom is -0.248 e. The monoisotopic (exact) mass is 219 g/mol. The smallest absolute Gasteiger partial charge is 0.0709 e. The second-order valence-electron chi connectivity index (χ2n) is 4.26. The lowest BCUT2D eigenvalue weighted by atomic mass is 10.1. The quantitative estimate of drug-likeness (QED) is 0.597. The van der Waals surface area contributed by atoms with E-state index >= 15 is 0 Å². The van der Waals surface area contributed by atoms with Gasteiger partial charge in [-0.3, -0.25) is 0 Å². The van der Waals surface area contributed by atoms with Crippen molar-refractivity contribution in [1.29, 1.82) is 0 Å². The Hall–Kier alpha value is -2.15. The van der Waals surface area contributed by atoms with E-state index < -0.39 is 0 Å². The van der Waals surface area contributed by atoms with E-state index in [4.69, 9.17) is 0 Å². The molecule has 17 heavy (non-hydrogen) atoms. The van der Waals surface area contributed by atoms with Gasteiger partial charge in [-0.05, 0) is 25.1 Å². The lowest BCUT2D eigenvalue weighted by Crippen LogP contribution is -1.85. The third-order valence-corrected chi connectivity index (χ3v) is 2.91. The van der Waals surface area contributed by atoms with E-state index in [9.17, 15) is 0 Å². The van der Waals surface area contributed by atoms with Crippen molar-refractivity contribution in [1.82, 2.24) is 4.98 Å². The molecule has 0 radical (unpaired) electrons. The fourth-order valence-electron chi connectivity index (χ4n) is 2.03. The summed E-state index contributed by atoms with van der Waals surface area (Å²) in [5.41, 5.74) is 4.52. The highest BCUT2D eigenvalue weighted by Gasteiger charge is 2.00. The third-order valence-electron chi connectivity index (χ3n) is 2.91. The minimum absolute atomic E-state index is 1.03. The Morgan fingerprint density at radius 1 is 0.824 bits per heavy atom. The zero-order valence-electron chi connectivity index (χ0n) is 9.72. The number of rotatable bonds is 1. The van der Waals surface area contributed by atoms with Gasteiger partial charge in [0.05, 0.1) is 11.2 Å². The number of hydrogen-bond acceptors (Lipinski definition) is 1. The number of hydrogen-bond donors (Lipinski definition) is 0. The second-order valence-corrected chi connectivity index (χ2v) is 4.26. The van der Waals surface area contributed by atoms with Crippen molar-refractivity contribution < 1.29 is 0 Å². The molecule has 0 N–H and O–H groups in total. The predicted octanol–water partition coefficient (Wildman–Crippen LogP) is 4.21. The summed E-state index contributed by atoms with van der Waals surface area (Å²) in [6, 6.07) is 20.8. The Balaban J connectivity index is 2.18. The van der Waals surface area contributed by atoms with E-state index in [2.05, 4.69) is 60.4 Å². The molecule has 0 saturated carbocycles. The minimum atomic E-state index is 1.03. The topological polar surface area (TPSA) is 12.9 Å². The molecule has 0 saturated heterocycles. The number of aryl methyl sites for hydroxylation is 1. The normalized spacial score (nSPS) is 10.6. The summed E-state index contributed by atoms with van der Waals surface area (Å²) >= 11 is 0. The highest BCUT2D eigenvalue weighted by molar-refractivity contribution is 5.81. The molecular formula is C16H13N. The maximum atomic E-state index is 4.69. The average molecular weight is 219 g/mol. The maximum Gasteiger partial charge on any atom is 0.0709 e. The molecule has 0 aliphatic rings. The van der Waals surface area contributed by atoms with Gasteiger partial charge in [-0.1, -0.05) is 48.0 Å². The maximum absolute atomic E-state index is 4.69. The van der Waals surface area contributed by atoms with E-state index in [1.165, 1.54) is 16.5 Å². The predicted molar refractivity (Wildman–Crippen MR) is 71.9 cm³/mol. The summed E-state index contributed by atoms with van der Waals surface area (Å²) in [4.78, 5) is 4.69. The lowest BCUT2D eigenvalue weighted by molar-refractivity contribution is 1.38. The molecule has 0 spiro atoms. The Morgan fingerprint density at radius 3 is 2.59 bits per heavy atom. The van der Waals surface area contributed by atoms with Gasteiger partial charge in [0, 0.05) is 10.9 Å². The van der Waals surface area contributed by atoms with Crippen LogP contribution < -0.4 is 0 Å². The largest absolute Gasteiger partial charge is 0.248 e. The first-order valence-corrected chi connectivity index (χ1v) is 5.76. The summed E-state index contributed by atoms with van der Waals surface area (Å²) in [6.45, 7) is 2.10. The molecule has 0 aliphatic carbocycles. The standard InChI is InChI=1S/C16H13N/c1-12-5-4-7-14(11-12)16-10-9-13-6-2-3-8-15(13)17-16/h2-11H,1H3. The average Bonchev–Trinajstić information content (AvgIpc) is 2.38. The molecule has 2 aromatic carbocycles. The second kappa shape index (κ2) is 4.02. The van der Waals surface area contributed by atoms with E-state index in [-0.39, 0.29) is 0 Å². The van der Waals surface area contributed by atoms with E-state index in [1.54, 1.807) is 0 Å². The third kappa shape index (κ3) is 1.92. The van der Waals surface area contributed by atoms with Crippen molar-refractivity contribution >= 4 is 10.9 Å². The zero-order valence-corrected chi connectivity index (χ0v) is 9.72. The summed E-state index contributed by atoms with van der Waals surface area (Å²) in [5.74, 6) is 0. The van der Waals surface area contributed by atoms with Crippen molar-refractivity contribution in [3.05, 3.63) is 66.2 Å². The zero-order chi connectivity index (χ0) is 11.7. The van der Waals surface area contributed by atoms with Crippen molar-refractivity contribution in [2.75, 3.05) is 0 Å². The molecule has 0 unspecified atom stereocenters. The van der Waals surface area contributed by atoms with Crippen molar-refractivity contribution in [2.45, 2.75) is 6.92 Å². The fraction of sp³-hybridized carbons (Fsp3) is 0.0625. The molecule has 0 fully saturated rings. The number of fused-ring (bicyclic) bond motifs is 1. The van der Waals surface area contributed by atoms with Gasteiger partial charge in [-0.2, -0.15) is 0 Å². The van der Waals surface area contributed by atoms with Crippen LogP contribution in [-0.2, 0) is 0 Å². The van der Waals surface area contributed by atoms with Crippen LogP contribution in [0.2, 0.25) is 0 Å². The molecule has 1 heteroatoms. The molecule has 3 rings (SSSR count). The highest BCUT2D eigenvalue weighted by Crippen LogP contribution is 2.21. The molecule has 82 valence electrons. The van der Waals surface area contributed by atoms with Crippen LogP contribution >= 0.6 is 0 Å². The SMILES string of the molecule is Cc1cccc(-c2ccc3ccccc3n2)c1. The molecule has 1 nitrogen and oxygen atoms in total. The van der Waals surface area contributed by atoms with Gasteiger partial charge in [0.1, 0.15) is 0 Å². The van der Waals surface area contributed by atoms with Crippen LogP contribution in [0.4, 0.5) is 0 Å². The first-order valence-electron chi connectivity index (χ1n) is 5.76. The van der Waals surface area contributed by atoms with Crippen molar-refractivity contribution in [2.24, 2.45) is 0 Å². The Morgan fingerprint density at radius 2 is 1.71 bits per heavy atom. The van der Waals surface area contributed by atoms with Gasteiger partial charge >= 0.3 is 0 Å². The Labute approximate surface area is 101 Å². The summed E-state index contributed by atoms with van der Waals surface area (Å²) in [5, 5.41) is 1.18. The summed E-state index contributed by atoms with van der Waals surface area (Å²) in [6.07, 6.45) is 0. The molecule has 0 aliphatic heterocycles. The first kappa shape index (κ1) is 10.0. The van der Waals surface area contributed by atoms with Crippen LogP contribution in [0, 0.1) is 6.92 Å². The number of benzene rings is 2. The van der Waals surface area contributed by atoms with Gasteiger partial charge in [0.2, 0.25) is 0 Å². The molecular weight excluding hydrogens is 206 g/mol.